The number of rotatable bonds is 6. The van der Waals surface area contributed by atoms with E-state index in [1.54, 1.807) is 0 Å². The van der Waals surface area contributed by atoms with Gasteiger partial charge in [-0.25, -0.2) is 0 Å². The van der Waals surface area contributed by atoms with Gasteiger partial charge in [0.15, 0.2) is 0 Å². The van der Waals surface area contributed by atoms with Gasteiger partial charge in [0.05, 0.1) is 0 Å². The molecule has 0 aliphatic heterocycles. The molecular weight excluding hydrogens is 236 g/mol. The van der Waals surface area contributed by atoms with Crippen molar-refractivity contribution in [1.82, 2.24) is 5.32 Å². The largest absolute Gasteiger partial charge is 0.356 e. The van der Waals surface area contributed by atoms with E-state index in [0.29, 0.717) is 6.42 Å². The molecule has 0 aromatic heterocycles. The van der Waals surface area contributed by atoms with Crippen molar-refractivity contribution >= 4 is 5.91 Å². The van der Waals surface area contributed by atoms with Gasteiger partial charge in [0.2, 0.25) is 5.91 Å². The van der Waals surface area contributed by atoms with Crippen LogP contribution < -0.4 is 11.1 Å². The average Bonchev–Trinajstić information content (AvgIpc) is 2.83. The first-order valence-corrected chi connectivity index (χ1v) is 7.28. The minimum atomic E-state index is 0.0995. The fourth-order valence-electron chi connectivity index (χ4n) is 2.57. The van der Waals surface area contributed by atoms with Gasteiger partial charge in [0, 0.05) is 19.0 Å². The van der Waals surface area contributed by atoms with Gasteiger partial charge in [-0.1, -0.05) is 18.2 Å². The molecule has 0 heterocycles. The van der Waals surface area contributed by atoms with Crippen molar-refractivity contribution in [2.75, 3.05) is 6.54 Å². The maximum absolute atomic E-state index is 11.6. The summed E-state index contributed by atoms with van der Waals surface area (Å²) in [5.74, 6) is 0.110. The lowest BCUT2D eigenvalue weighted by Crippen LogP contribution is -2.27. The Morgan fingerprint density at radius 2 is 2.16 bits per heavy atom. The van der Waals surface area contributed by atoms with Gasteiger partial charge in [-0.15, -0.1) is 0 Å². The molecule has 1 amide bonds. The molecule has 1 atom stereocenters. The first-order chi connectivity index (χ1) is 9.15. The van der Waals surface area contributed by atoms with E-state index in [1.165, 1.54) is 36.0 Å². The van der Waals surface area contributed by atoms with Crippen LogP contribution in [0.15, 0.2) is 18.2 Å². The number of fused-ring (bicyclic) bond motifs is 1. The third-order valence-electron chi connectivity index (χ3n) is 3.73. The van der Waals surface area contributed by atoms with Gasteiger partial charge in [-0.05, 0) is 55.7 Å². The zero-order valence-electron chi connectivity index (χ0n) is 11.7. The Kier molecular flexibility index (Phi) is 4.97. The standard InChI is InChI=1S/C16H24N2O/c1-12(17)5-8-16(19)18-10-9-13-6-7-14-3-2-4-15(14)11-13/h6-7,11-12H,2-5,8-10,17H2,1H3,(H,18,19). The summed E-state index contributed by atoms with van der Waals surface area (Å²) in [5, 5.41) is 2.96. The summed E-state index contributed by atoms with van der Waals surface area (Å²) < 4.78 is 0. The third kappa shape index (κ3) is 4.35. The Morgan fingerprint density at radius 3 is 2.95 bits per heavy atom. The maximum atomic E-state index is 11.6. The smallest absolute Gasteiger partial charge is 0.220 e. The fraction of sp³-hybridized carbons (Fsp3) is 0.562. The second kappa shape index (κ2) is 6.71. The highest BCUT2D eigenvalue weighted by atomic mass is 16.1. The van der Waals surface area contributed by atoms with Crippen LogP contribution in [0.5, 0.6) is 0 Å². The molecule has 0 spiro atoms. The molecule has 0 fully saturated rings. The van der Waals surface area contributed by atoms with E-state index in [0.717, 1.165) is 19.4 Å². The third-order valence-corrected chi connectivity index (χ3v) is 3.73. The van der Waals surface area contributed by atoms with Crippen molar-refractivity contribution in [3.8, 4) is 0 Å². The van der Waals surface area contributed by atoms with Crippen LogP contribution in [0.4, 0.5) is 0 Å². The molecule has 0 saturated heterocycles. The predicted molar refractivity (Wildman–Crippen MR) is 78.1 cm³/mol. The molecule has 1 aliphatic carbocycles. The summed E-state index contributed by atoms with van der Waals surface area (Å²) in [6.45, 7) is 2.65. The highest BCUT2D eigenvalue weighted by Gasteiger charge is 2.10. The summed E-state index contributed by atoms with van der Waals surface area (Å²) in [6, 6.07) is 6.84. The Bertz CT molecular complexity index is 440. The van der Waals surface area contributed by atoms with Crippen LogP contribution in [0.25, 0.3) is 0 Å². The van der Waals surface area contributed by atoms with Crippen molar-refractivity contribution in [3.63, 3.8) is 0 Å². The molecule has 19 heavy (non-hydrogen) atoms. The Labute approximate surface area is 115 Å². The van der Waals surface area contributed by atoms with Gasteiger partial charge in [0.25, 0.3) is 0 Å². The highest BCUT2D eigenvalue weighted by Crippen LogP contribution is 2.22. The molecule has 3 nitrogen and oxygen atoms in total. The van der Waals surface area contributed by atoms with Crippen molar-refractivity contribution in [3.05, 3.63) is 34.9 Å². The molecule has 1 aromatic carbocycles. The highest BCUT2D eigenvalue weighted by molar-refractivity contribution is 5.75. The molecule has 0 saturated carbocycles. The lowest BCUT2D eigenvalue weighted by Gasteiger charge is -2.08. The molecule has 3 N–H and O–H groups in total. The Morgan fingerprint density at radius 1 is 1.37 bits per heavy atom. The van der Waals surface area contributed by atoms with Crippen molar-refractivity contribution in [2.45, 2.75) is 51.5 Å². The molecule has 2 rings (SSSR count). The molecule has 0 bridgehead atoms. The monoisotopic (exact) mass is 260 g/mol. The van der Waals surface area contributed by atoms with Crippen LogP contribution in [-0.4, -0.2) is 18.5 Å². The van der Waals surface area contributed by atoms with Gasteiger partial charge < -0.3 is 11.1 Å². The van der Waals surface area contributed by atoms with E-state index >= 15 is 0 Å². The summed E-state index contributed by atoms with van der Waals surface area (Å²) in [4.78, 5) is 11.6. The zero-order valence-corrected chi connectivity index (χ0v) is 11.7. The number of hydrogen-bond donors (Lipinski definition) is 2. The van der Waals surface area contributed by atoms with Crippen LogP contribution >= 0.6 is 0 Å². The lowest BCUT2D eigenvalue weighted by molar-refractivity contribution is -0.121. The van der Waals surface area contributed by atoms with Gasteiger partial charge in [0.1, 0.15) is 0 Å². The molecule has 0 radical (unpaired) electrons. The zero-order chi connectivity index (χ0) is 13.7. The number of nitrogens with two attached hydrogens (primary N) is 1. The van der Waals surface area contributed by atoms with Crippen molar-refractivity contribution in [2.24, 2.45) is 5.73 Å². The maximum Gasteiger partial charge on any atom is 0.220 e. The van der Waals surface area contributed by atoms with Crippen molar-refractivity contribution in [1.29, 1.82) is 0 Å². The summed E-state index contributed by atoms with van der Waals surface area (Å²) in [6.07, 6.45) is 5.92. The first-order valence-electron chi connectivity index (χ1n) is 7.28. The molecule has 104 valence electrons. The Balaban J connectivity index is 1.72. The number of benzene rings is 1. The SMILES string of the molecule is CC(N)CCC(=O)NCCc1ccc2c(c1)CCC2. The molecule has 1 unspecified atom stereocenters. The van der Waals surface area contributed by atoms with Crippen LogP contribution in [-0.2, 0) is 24.1 Å². The van der Waals surface area contributed by atoms with E-state index in [2.05, 4.69) is 23.5 Å². The summed E-state index contributed by atoms with van der Waals surface area (Å²) >= 11 is 0. The molecule has 3 heteroatoms. The van der Waals surface area contributed by atoms with E-state index in [9.17, 15) is 4.79 Å². The Hall–Kier alpha value is -1.35. The van der Waals surface area contributed by atoms with Gasteiger partial charge >= 0.3 is 0 Å². The van der Waals surface area contributed by atoms with Gasteiger partial charge in [-0.2, -0.15) is 0 Å². The van der Waals surface area contributed by atoms with E-state index < -0.39 is 0 Å². The van der Waals surface area contributed by atoms with E-state index in [-0.39, 0.29) is 11.9 Å². The topological polar surface area (TPSA) is 55.1 Å². The number of carbonyl (C=O) groups is 1. The number of hydrogen-bond acceptors (Lipinski definition) is 2. The molecule has 1 aliphatic rings. The van der Waals surface area contributed by atoms with E-state index in [4.69, 9.17) is 5.73 Å². The van der Waals surface area contributed by atoms with Crippen LogP contribution in [0.2, 0.25) is 0 Å². The quantitative estimate of drug-likeness (QED) is 0.821. The minimum absolute atomic E-state index is 0.0995. The normalized spacial score (nSPS) is 15.1. The first kappa shape index (κ1) is 14.1. The molecule has 1 aromatic rings. The number of carbonyl (C=O) groups excluding carboxylic acids is 1. The minimum Gasteiger partial charge on any atom is -0.356 e. The van der Waals surface area contributed by atoms with Crippen LogP contribution in [0.3, 0.4) is 0 Å². The fourth-order valence-corrected chi connectivity index (χ4v) is 2.57. The number of amides is 1. The predicted octanol–water partition coefficient (Wildman–Crippen LogP) is 1.96. The van der Waals surface area contributed by atoms with Crippen LogP contribution in [0.1, 0.15) is 42.9 Å². The average molecular weight is 260 g/mol. The lowest BCUT2D eigenvalue weighted by atomic mass is 10.0. The second-order valence-corrected chi connectivity index (χ2v) is 5.57. The summed E-state index contributed by atoms with van der Waals surface area (Å²) in [5.41, 5.74) is 9.96. The second-order valence-electron chi connectivity index (χ2n) is 5.57. The number of aryl methyl sites for hydroxylation is 2. The van der Waals surface area contributed by atoms with Crippen LogP contribution in [0, 0.1) is 0 Å². The van der Waals surface area contributed by atoms with E-state index in [1.807, 2.05) is 6.92 Å². The summed E-state index contributed by atoms with van der Waals surface area (Å²) in [7, 11) is 0. The number of nitrogens with one attached hydrogen (secondary N) is 1. The van der Waals surface area contributed by atoms with Gasteiger partial charge in [-0.3, -0.25) is 4.79 Å². The molecular formula is C16H24N2O. The van der Waals surface area contributed by atoms with Crippen molar-refractivity contribution < 1.29 is 4.79 Å².